The van der Waals surface area contributed by atoms with Crippen molar-refractivity contribution in [1.82, 2.24) is 15.0 Å². The molecule has 1 aliphatic heterocycles. The molecule has 4 rings (SSSR count). The first kappa shape index (κ1) is 17.7. The van der Waals surface area contributed by atoms with Crippen molar-refractivity contribution < 1.29 is 14.1 Å². The Kier molecular flexibility index (Phi) is 4.94. The number of carbonyl (C=O) groups excluding carboxylic acids is 1. The monoisotopic (exact) mass is 427 g/mol. The van der Waals surface area contributed by atoms with Gasteiger partial charge in [0.25, 0.3) is 0 Å². The van der Waals surface area contributed by atoms with Crippen molar-refractivity contribution in [1.29, 1.82) is 0 Å². The molecule has 2 aromatic carbocycles. The third-order valence-electron chi connectivity index (χ3n) is 4.65. The molecule has 0 bridgehead atoms. The quantitative estimate of drug-likeness (QED) is 0.604. The lowest BCUT2D eigenvalue weighted by Crippen LogP contribution is -2.27. The van der Waals surface area contributed by atoms with E-state index in [-0.39, 0.29) is 11.9 Å². The summed E-state index contributed by atoms with van der Waals surface area (Å²) in [7, 11) is 1.62. The van der Waals surface area contributed by atoms with Crippen LogP contribution in [-0.4, -0.2) is 28.1 Å². The molecule has 0 aliphatic carbocycles. The summed E-state index contributed by atoms with van der Waals surface area (Å²) in [4.78, 5) is 18.8. The number of hydrogen-bond acceptors (Lipinski definition) is 5. The van der Waals surface area contributed by atoms with Crippen molar-refractivity contribution in [3.63, 3.8) is 0 Å². The van der Waals surface area contributed by atoms with Crippen molar-refractivity contribution in [2.75, 3.05) is 7.11 Å². The van der Waals surface area contributed by atoms with E-state index in [2.05, 4.69) is 26.1 Å². The Hall–Kier alpha value is -2.67. The fourth-order valence-electron chi connectivity index (χ4n) is 3.23. The van der Waals surface area contributed by atoms with Crippen LogP contribution in [0.1, 0.15) is 30.3 Å². The summed E-state index contributed by atoms with van der Waals surface area (Å²) >= 11 is 3.43. The number of halogens is 1. The maximum Gasteiger partial charge on any atom is 0.249 e. The summed E-state index contributed by atoms with van der Waals surface area (Å²) in [5, 5.41) is 4.10. The van der Waals surface area contributed by atoms with Crippen LogP contribution in [0.4, 0.5) is 0 Å². The first-order chi connectivity index (χ1) is 13.1. The van der Waals surface area contributed by atoms with E-state index < -0.39 is 0 Å². The minimum atomic E-state index is -0.201. The highest BCUT2D eigenvalue weighted by molar-refractivity contribution is 9.10. The summed E-state index contributed by atoms with van der Waals surface area (Å²) in [5.41, 5.74) is 1.87. The highest BCUT2D eigenvalue weighted by Crippen LogP contribution is 2.34. The maximum absolute atomic E-state index is 12.4. The van der Waals surface area contributed by atoms with Crippen molar-refractivity contribution in [3.05, 3.63) is 64.5 Å². The van der Waals surface area contributed by atoms with Crippen LogP contribution in [0.2, 0.25) is 0 Å². The molecule has 1 aliphatic rings. The van der Waals surface area contributed by atoms with Gasteiger partial charge in [0.2, 0.25) is 17.6 Å². The van der Waals surface area contributed by atoms with Gasteiger partial charge in [0, 0.05) is 23.0 Å². The molecular weight excluding hydrogens is 410 g/mol. The molecule has 2 heterocycles. The maximum atomic E-state index is 12.4. The lowest BCUT2D eigenvalue weighted by molar-refractivity contribution is -0.129. The normalized spacial score (nSPS) is 16.7. The lowest BCUT2D eigenvalue weighted by Gasteiger charge is -2.22. The number of amides is 1. The van der Waals surface area contributed by atoms with Crippen LogP contribution in [0, 0.1) is 0 Å². The zero-order valence-corrected chi connectivity index (χ0v) is 16.3. The van der Waals surface area contributed by atoms with Gasteiger partial charge < -0.3 is 14.2 Å². The number of carbonyl (C=O) groups is 1. The van der Waals surface area contributed by atoms with Gasteiger partial charge in [-0.15, -0.1) is 0 Å². The van der Waals surface area contributed by atoms with Crippen molar-refractivity contribution in [2.45, 2.75) is 25.4 Å². The summed E-state index contributed by atoms with van der Waals surface area (Å²) in [6.07, 6.45) is 1.16. The van der Waals surface area contributed by atoms with Crippen LogP contribution in [-0.2, 0) is 11.3 Å². The molecule has 1 saturated heterocycles. The summed E-state index contributed by atoms with van der Waals surface area (Å²) in [6, 6.07) is 15.2. The van der Waals surface area contributed by atoms with Gasteiger partial charge in [0.05, 0.1) is 7.11 Å². The first-order valence-corrected chi connectivity index (χ1v) is 9.45. The summed E-state index contributed by atoms with van der Waals surface area (Å²) < 4.78 is 11.8. The standard InChI is InChI=1S/C20H18BrN3O3/c1-26-16-4-2-3-14(11-16)19-22-20(27-23-19)17-9-10-18(25)24(17)12-13-5-7-15(21)8-6-13/h2-8,11,17H,9-10,12H2,1H3. The molecule has 7 heteroatoms. The first-order valence-electron chi connectivity index (χ1n) is 8.66. The third kappa shape index (κ3) is 3.73. The van der Waals surface area contributed by atoms with Gasteiger partial charge in [-0.3, -0.25) is 4.79 Å². The van der Waals surface area contributed by atoms with Crippen molar-refractivity contribution >= 4 is 21.8 Å². The molecule has 138 valence electrons. The van der Waals surface area contributed by atoms with Crippen LogP contribution in [0.15, 0.2) is 57.5 Å². The highest BCUT2D eigenvalue weighted by Gasteiger charge is 2.36. The minimum Gasteiger partial charge on any atom is -0.497 e. The second-order valence-electron chi connectivity index (χ2n) is 6.39. The third-order valence-corrected chi connectivity index (χ3v) is 5.18. The average molecular weight is 428 g/mol. The molecule has 1 atom stereocenters. The van der Waals surface area contributed by atoms with Crippen LogP contribution in [0.25, 0.3) is 11.4 Å². The van der Waals surface area contributed by atoms with Gasteiger partial charge >= 0.3 is 0 Å². The predicted octanol–water partition coefficient (Wildman–Crippen LogP) is 4.37. The van der Waals surface area contributed by atoms with Gasteiger partial charge in [0.1, 0.15) is 11.8 Å². The number of rotatable bonds is 5. The minimum absolute atomic E-state index is 0.101. The topological polar surface area (TPSA) is 68.5 Å². The van der Waals surface area contributed by atoms with Crippen molar-refractivity contribution in [2.24, 2.45) is 0 Å². The summed E-state index contributed by atoms with van der Waals surface area (Å²) in [5.74, 6) is 1.79. The Morgan fingerprint density at radius 1 is 1.26 bits per heavy atom. The second-order valence-corrected chi connectivity index (χ2v) is 7.31. The molecule has 3 aromatic rings. The Labute approximate surface area is 165 Å². The molecule has 0 radical (unpaired) electrons. The van der Waals surface area contributed by atoms with E-state index in [1.165, 1.54) is 0 Å². The van der Waals surface area contributed by atoms with E-state index in [1.54, 1.807) is 7.11 Å². The van der Waals surface area contributed by atoms with E-state index in [0.717, 1.165) is 21.3 Å². The number of aromatic nitrogens is 2. The Bertz CT molecular complexity index is 955. The number of nitrogens with zero attached hydrogens (tertiary/aromatic N) is 3. The number of ether oxygens (including phenoxy) is 1. The average Bonchev–Trinajstić information content (AvgIpc) is 3.31. The van der Waals surface area contributed by atoms with Gasteiger partial charge in [-0.25, -0.2) is 0 Å². The Morgan fingerprint density at radius 2 is 2.07 bits per heavy atom. The Balaban J connectivity index is 1.57. The fraction of sp³-hybridized carbons (Fsp3) is 0.250. The molecule has 27 heavy (non-hydrogen) atoms. The SMILES string of the molecule is COc1cccc(-c2noc(C3CCC(=O)N3Cc3ccc(Br)cc3)n2)c1. The van der Waals surface area contributed by atoms with Crippen LogP contribution in [0.5, 0.6) is 5.75 Å². The molecule has 6 nitrogen and oxygen atoms in total. The number of methoxy groups -OCH3 is 1. The van der Waals surface area contributed by atoms with E-state index in [0.29, 0.717) is 31.1 Å². The fourth-order valence-corrected chi connectivity index (χ4v) is 3.49. The lowest BCUT2D eigenvalue weighted by atomic mass is 10.1. The van der Waals surface area contributed by atoms with Crippen LogP contribution >= 0.6 is 15.9 Å². The van der Waals surface area contributed by atoms with Crippen LogP contribution in [0.3, 0.4) is 0 Å². The molecule has 1 amide bonds. The molecule has 1 unspecified atom stereocenters. The summed E-state index contributed by atoms with van der Waals surface area (Å²) in [6.45, 7) is 0.521. The van der Waals surface area contributed by atoms with Gasteiger partial charge in [-0.05, 0) is 36.2 Å². The van der Waals surface area contributed by atoms with Gasteiger partial charge in [-0.1, -0.05) is 45.4 Å². The van der Waals surface area contributed by atoms with Gasteiger partial charge in [0.15, 0.2) is 0 Å². The molecule has 0 saturated carbocycles. The molecule has 1 aromatic heterocycles. The van der Waals surface area contributed by atoms with E-state index in [9.17, 15) is 4.79 Å². The molecule has 1 fully saturated rings. The number of hydrogen-bond donors (Lipinski definition) is 0. The Morgan fingerprint density at radius 3 is 2.85 bits per heavy atom. The number of benzene rings is 2. The second kappa shape index (κ2) is 7.52. The molecule has 0 spiro atoms. The van der Waals surface area contributed by atoms with E-state index in [4.69, 9.17) is 9.26 Å². The molecular formula is C20H18BrN3O3. The smallest absolute Gasteiger partial charge is 0.249 e. The van der Waals surface area contributed by atoms with Gasteiger partial charge in [-0.2, -0.15) is 4.98 Å². The zero-order chi connectivity index (χ0) is 18.8. The zero-order valence-electron chi connectivity index (χ0n) is 14.8. The van der Waals surface area contributed by atoms with Crippen molar-refractivity contribution in [3.8, 4) is 17.1 Å². The van der Waals surface area contributed by atoms with Crippen LogP contribution < -0.4 is 4.74 Å². The molecule has 0 N–H and O–H groups in total. The number of likely N-dealkylation sites (tertiary alicyclic amines) is 1. The largest absolute Gasteiger partial charge is 0.497 e. The highest BCUT2D eigenvalue weighted by atomic mass is 79.9. The van der Waals surface area contributed by atoms with E-state index >= 15 is 0 Å². The predicted molar refractivity (Wildman–Crippen MR) is 103 cm³/mol. The van der Waals surface area contributed by atoms with E-state index in [1.807, 2.05) is 53.4 Å².